The molecule has 0 aromatic heterocycles. The molecule has 0 radical (unpaired) electrons. The van der Waals surface area contributed by atoms with Crippen LogP contribution in [0.5, 0.6) is 0 Å². The molecule has 0 aliphatic rings. The van der Waals surface area contributed by atoms with Gasteiger partial charge in [0.2, 0.25) is 0 Å². The number of hydrogen-bond acceptors (Lipinski definition) is 5. The van der Waals surface area contributed by atoms with Crippen molar-refractivity contribution in [3.8, 4) is 0 Å². The zero-order valence-electron chi connectivity index (χ0n) is 10.5. The van der Waals surface area contributed by atoms with E-state index < -0.39 is 17.7 Å². The largest absolute Gasteiger partial charge is 0.607 e. The third-order valence-corrected chi connectivity index (χ3v) is 2.72. The lowest BCUT2D eigenvalue weighted by atomic mass is 10.9. The van der Waals surface area contributed by atoms with E-state index in [0.717, 1.165) is 6.26 Å². The van der Waals surface area contributed by atoms with E-state index in [0.29, 0.717) is 19.8 Å². The van der Waals surface area contributed by atoms with Crippen LogP contribution in [0, 0.1) is 0 Å². The first-order valence-electron chi connectivity index (χ1n) is 5.00. The zero-order valence-corrected chi connectivity index (χ0v) is 12.6. The molecule has 0 aliphatic carbocycles. The molecule has 0 aromatic rings. The molecule has 9 heteroatoms. The average molecular weight is 288 g/mol. The molecule has 104 valence electrons. The Bertz CT molecular complexity index is 156. The van der Waals surface area contributed by atoms with Gasteiger partial charge in [-0.3, -0.25) is 0 Å². The molecule has 1 atom stereocenters. The van der Waals surface area contributed by atoms with Crippen molar-refractivity contribution >= 4 is 17.7 Å². The summed E-state index contributed by atoms with van der Waals surface area (Å²) in [4.78, 5) is 7.34. The minimum Gasteiger partial charge on any atom is -0.516 e. The Labute approximate surface area is 105 Å². The highest BCUT2D eigenvalue weighted by molar-refractivity contribution is 7.35. The highest BCUT2D eigenvalue weighted by Gasteiger charge is 2.11. The number of aliphatic hydroxyl groups excluding tert-OH is 1. The van der Waals surface area contributed by atoms with Crippen LogP contribution in [0.3, 0.4) is 0 Å². The number of rotatable bonds is 6. The standard InChI is InChI=1S/C6H16O3Si.C2H4O.H2NO2P/c1-4-7-10(8-5-2)9-6-3;1-2-3;1-4(2)3/h10H,4-6H2,1-3H3;2-3H,1H2;(H2-,1,2,3)/p+1. The second kappa shape index (κ2) is 21.0. The first-order chi connectivity index (χ1) is 7.99. The zero-order chi connectivity index (χ0) is 14.1. The van der Waals surface area contributed by atoms with Gasteiger partial charge < -0.3 is 18.4 Å². The summed E-state index contributed by atoms with van der Waals surface area (Å²) in [7, 11) is -4.10. The molecule has 0 spiro atoms. The summed E-state index contributed by atoms with van der Waals surface area (Å²) in [5.74, 6) is 0. The van der Waals surface area contributed by atoms with E-state index in [1.165, 1.54) is 0 Å². The highest BCUT2D eigenvalue weighted by atomic mass is 31.1. The van der Waals surface area contributed by atoms with Crippen molar-refractivity contribution in [3.05, 3.63) is 12.8 Å². The Balaban J connectivity index is -0.000000232. The first-order valence-corrected chi connectivity index (χ1v) is 7.70. The van der Waals surface area contributed by atoms with Crippen molar-refractivity contribution in [2.75, 3.05) is 19.8 Å². The van der Waals surface area contributed by atoms with Crippen molar-refractivity contribution in [1.29, 1.82) is 0 Å². The van der Waals surface area contributed by atoms with Gasteiger partial charge in [0, 0.05) is 19.8 Å². The number of aliphatic hydroxyl groups is 1. The van der Waals surface area contributed by atoms with Gasteiger partial charge in [0.25, 0.3) is 0 Å². The lowest BCUT2D eigenvalue weighted by molar-refractivity contribution is 0.107. The van der Waals surface area contributed by atoms with Crippen LogP contribution in [0.4, 0.5) is 0 Å². The van der Waals surface area contributed by atoms with Gasteiger partial charge in [-0.2, -0.15) is 0 Å². The van der Waals surface area contributed by atoms with Gasteiger partial charge in [0.15, 0.2) is 0 Å². The highest BCUT2D eigenvalue weighted by Crippen LogP contribution is 1.91. The topological polar surface area (TPSA) is 111 Å². The van der Waals surface area contributed by atoms with E-state index in [4.69, 9.17) is 27.8 Å². The Hall–Kier alpha value is -0.343. The van der Waals surface area contributed by atoms with Crippen LogP contribution in [-0.4, -0.2) is 39.3 Å². The molecule has 4 N–H and O–H groups in total. The maximum atomic E-state index is 8.93. The fraction of sp³-hybridized carbons (Fsp3) is 0.750. The van der Waals surface area contributed by atoms with Crippen molar-refractivity contribution < 1.29 is 27.8 Å². The predicted octanol–water partition coefficient (Wildman–Crippen LogP) is 1.10. The van der Waals surface area contributed by atoms with Crippen molar-refractivity contribution in [3.63, 3.8) is 0 Å². The lowest BCUT2D eigenvalue weighted by Gasteiger charge is -2.12. The first kappa shape index (κ1) is 21.9. The molecule has 0 saturated carbocycles. The molecule has 0 bridgehead atoms. The summed E-state index contributed by atoms with van der Waals surface area (Å²) in [6.07, 6.45) is 0.750. The number of nitrogens with two attached hydrogens (primary N) is 1. The smallest absolute Gasteiger partial charge is 0.516 e. The summed E-state index contributed by atoms with van der Waals surface area (Å²) in [5, 5.41) is 7.33. The van der Waals surface area contributed by atoms with E-state index in [1.54, 1.807) is 0 Å². The van der Waals surface area contributed by atoms with Crippen molar-refractivity contribution in [1.82, 2.24) is 0 Å². The van der Waals surface area contributed by atoms with Gasteiger partial charge in [-0.25, -0.2) is 0 Å². The second-order valence-corrected chi connectivity index (χ2v) is 4.32. The summed E-state index contributed by atoms with van der Waals surface area (Å²) in [5.41, 5.74) is 4.18. The molecule has 0 aliphatic heterocycles. The monoisotopic (exact) mass is 288 g/mol. The van der Waals surface area contributed by atoms with Gasteiger partial charge in [0.05, 0.1) is 6.26 Å². The van der Waals surface area contributed by atoms with Crippen molar-refractivity contribution in [2.45, 2.75) is 20.8 Å². The Morgan fingerprint density at radius 1 is 1.24 bits per heavy atom. The van der Waals surface area contributed by atoms with Gasteiger partial charge in [-0.1, -0.05) is 12.1 Å². The summed E-state index contributed by atoms with van der Waals surface area (Å²) in [6, 6.07) is 0. The molecule has 0 fully saturated rings. The van der Waals surface area contributed by atoms with Crippen LogP contribution in [0.25, 0.3) is 0 Å². The second-order valence-electron chi connectivity index (χ2n) is 2.14. The Morgan fingerprint density at radius 3 is 1.53 bits per heavy atom. The fourth-order valence-corrected chi connectivity index (χ4v) is 1.66. The lowest BCUT2D eigenvalue weighted by Crippen LogP contribution is -2.27. The van der Waals surface area contributed by atoms with Crippen molar-refractivity contribution in [2.24, 2.45) is 5.50 Å². The third kappa shape index (κ3) is 39.0. The molecule has 1 unspecified atom stereocenters. The summed E-state index contributed by atoms with van der Waals surface area (Å²) < 4.78 is 24.6. The molecule has 0 aromatic carbocycles. The summed E-state index contributed by atoms with van der Waals surface area (Å²) >= 11 is 0. The molecule has 0 amide bonds. The van der Waals surface area contributed by atoms with E-state index in [2.05, 4.69) is 12.1 Å². The predicted molar refractivity (Wildman–Crippen MR) is 68.9 cm³/mol. The van der Waals surface area contributed by atoms with E-state index in [-0.39, 0.29) is 0 Å². The van der Waals surface area contributed by atoms with E-state index >= 15 is 0 Å². The van der Waals surface area contributed by atoms with Crippen LogP contribution in [0.15, 0.2) is 12.8 Å². The fourth-order valence-electron chi connectivity index (χ4n) is 0.553. The van der Waals surface area contributed by atoms with E-state index in [9.17, 15) is 0 Å². The SMILES string of the molecule is C=CO.CCO[SiH](OCC)OCC.N[P+](=O)O. The average Bonchev–Trinajstić information content (AvgIpc) is 2.19. The van der Waals surface area contributed by atoms with Gasteiger partial charge in [0.1, 0.15) is 0 Å². The Morgan fingerprint density at radius 2 is 1.41 bits per heavy atom. The van der Waals surface area contributed by atoms with Crippen LogP contribution >= 0.6 is 8.18 Å². The van der Waals surface area contributed by atoms with E-state index in [1.807, 2.05) is 20.8 Å². The van der Waals surface area contributed by atoms with Crippen LogP contribution in [-0.2, 0) is 17.8 Å². The van der Waals surface area contributed by atoms with Crippen LogP contribution in [0.1, 0.15) is 20.8 Å². The molecule has 0 rings (SSSR count). The van der Waals surface area contributed by atoms with Gasteiger partial charge >= 0.3 is 17.7 Å². The molecule has 0 saturated heterocycles. The molecular formula is C8H23NO6PSi+. The summed E-state index contributed by atoms with van der Waals surface area (Å²) in [6.45, 7) is 10.8. The quantitative estimate of drug-likeness (QED) is 0.381. The Kier molecular flexibility index (Phi) is 27.0. The van der Waals surface area contributed by atoms with Crippen LogP contribution < -0.4 is 5.50 Å². The maximum absolute atomic E-state index is 8.93. The normalized spacial score (nSPS) is 9.65. The third-order valence-electron chi connectivity index (χ3n) is 0.908. The minimum absolute atomic E-state index is 0.677. The molecule has 7 nitrogen and oxygen atoms in total. The number of hydrogen-bond donors (Lipinski definition) is 3. The molecular weight excluding hydrogens is 265 g/mol. The van der Waals surface area contributed by atoms with Gasteiger partial charge in [-0.15, -0.1) is 4.89 Å². The molecule has 0 heterocycles. The minimum atomic E-state index is -2.37. The van der Waals surface area contributed by atoms with Gasteiger partial charge in [-0.05, 0) is 25.3 Å². The van der Waals surface area contributed by atoms with Crippen LogP contribution in [0.2, 0.25) is 0 Å². The molecule has 17 heavy (non-hydrogen) atoms. The maximum Gasteiger partial charge on any atom is 0.607 e.